The molecule has 7 heteroatoms. The molecule has 1 N–H and O–H groups in total. The van der Waals surface area contributed by atoms with Crippen molar-refractivity contribution < 1.29 is 74.2 Å². The van der Waals surface area contributed by atoms with Gasteiger partial charge in [0.1, 0.15) is 16.4 Å². The van der Waals surface area contributed by atoms with Gasteiger partial charge in [0.25, 0.3) is 10.1 Å². The van der Waals surface area contributed by atoms with Gasteiger partial charge in [-0.2, -0.15) is 8.42 Å². The Morgan fingerprint density at radius 1 is 0.867 bits per heavy atom. The average molecular weight is 459 g/mol. The van der Waals surface area contributed by atoms with Crippen molar-refractivity contribution in [3.8, 4) is 17.2 Å². The predicted octanol–water partition coefficient (Wildman–Crippen LogP) is 2.88. The summed E-state index contributed by atoms with van der Waals surface area (Å²) in [5.41, 5.74) is 0.823. The van der Waals surface area contributed by atoms with E-state index in [1.807, 2.05) is 0 Å². The zero-order valence-corrected chi connectivity index (χ0v) is 22.0. The first-order chi connectivity index (χ1) is 13.9. The van der Waals surface area contributed by atoms with Crippen LogP contribution in [0.25, 0.3) is 0 Å². The van der Waals surface area contributed by atoms with Crippen molar-refractivity contribution in [2.45, 2.75) is 76.0 Å². The normalized spacial score (nSPS) is 11.1. The second-order valence-corrected chi connectivity index (χ2v) is 8.77. The topological polar surface area (TPSA) is 86.7 Å². The molecule has 0 aliphatic carbocycles. The molecular weight excluding hydrogens is 427 g/mol. The monoisotopic (exact) mass is 458 g/mol. The van der Waals surface area contributed by atoms with Crippen LogP contribution >= 0.6 is 0 Å². The Kier molecular flexibility index (Phi) is 13.5. The summed E-state index contributed by atoms with van der Waals surface area (Å²) >= 11 is 0. The summed E-state index contributed by atoms with van der Waals surface area (Å²) < 4.78 is 38.7. The van der Waals surface area contributed by atoms with Crippen molar-refractivity contribution in [1.82, 2.24) is 0 Å². The van der Waals surface area contributed by atoms with Crippen molar-refractivity contribution >= 4 is 10.1 Å². The summed E-state index contributed by atoms with van der Waals surface area (Å²) in [5.74, 6) is -0.386. The molecule has 0 bridgehead atoms. The van der Waals surface area contributed by atoms with E-state index in [9.17, 15) is 18.1 Å². The van der Waals surface area contributed by atoms with Crippen LogP contribution < -0.4 is 61.2 Å². The zero-order valence-electron chi connectivity index (χ0n) is 18.1. The molecule has 5 nitrogen and oxygen atoms in total. The Bertz CT molecular complexity index is 868. The van der Waals surface area contributed by atoms with Crippen LogP contribution in [-0.2, 0) is 16.5 Å². The molecule has 0 unspecified atom stereocenters. The number of ether oxygens (including phenoxy) is 1. The fourth-order valence-electron chi connectivity index (χ4n) is 3.29. The molecule has 0 amide bonds. The zero-order chi connectivity index (χ0) is 21.1. The largest absolute Gasteiger partial charge is 1.00 e. The fourth-order valence-corrected chi connectivity index (χ4v) is 3.95. The van der Waals surface area contributed by atoms with Gasteiger partial charge in [-0.1, -0.05) is 88.3 Å². The van der Waals surface area contributed by atoms with E-state index in [1.54, 1.807) is 18.2 Å². The SMILES string of the molecule is CCCCCCCCCCCc1ccc(Oc2ccccc2[O-])c(S(=O)(=O)O)c1.[K+]. The molecule has 0 fully saturated rings. The van der Waals surface area contributed by atoms with Gasteiger partial charge in [-0.3, -0.25) is 4.55 Å². The Morgan fingerprint density at radius 3 is 2.07 bits per heavy atom. The van der Waals surface area contributed by atoms with E-state index in [0.717, 1.165) is 24.8 Å². The van der Waals surface area contributed by atoms with E-state index in [-0.39, 0.29) is 73.5 Å². The summed E-state index contributed by atoms with van der Waals surface area (Å²) in [6.45, 7) is 2.22. The Morgan fingerprint density at radius 2 is 1.47 bits per heavy atom. The molecule has 2 aromatic rings. The molecule has 2 aromatic carbocycles. The number of unbranched alkanes of at least 4 members (excludes halogenated alkanes) is 8. The molecule has 0 aromatic heterocycles. The Balaban J connectivity index is 0.00000450. The third kappa shape index (κ3) is 9.81. The Hall–Kier alpha value is -0.414. The van der Waals surface area contributed by atoms with Gasteiger partial charge >= 0.3 is 51.4 Å². The van der Waals surface area contributed by atoms with Crippen molar-refractivity contribution in [3.63, 3.8) is 0 Å². The van der Waals surface area contributed by atoms with Gasteiger partial charge in [0, 0.05) is 0 Å². The van der Waals surface area contributed by atoms with E-state index >= 15 is 0 Å². The van der Waals surface area contributed by atoms with E-state index < -0.39 is 10.1 Å². The number of aryl methyl sites for hydroxylation is 1. The first kappa shape index (κ1) is 27.6. The molecule has 0 spiro atoms. The van der Waals surface area contributed by atoms with Crippen molar-refractivity contribution in [3.05, 3.63) is 48.0 Å². The van der Waals surface area contributed by atoms with Crippen LogP contribution in [0.15, 0.2) is 47.4 Å². The van der Waals surface area contributed by atoms with Crippen LogP contribution in [0.1, 0.15) is 70.3 Å². The molecule has 160 valence electrons. The van der Waals surface area contributed by atoms with Gasteiger partial charge in [-0.25, -0.2) is 0 Å². The van der Waals surface area contributed by atoms with Crippen LogP contribution in [0, 0.1) is 0 Å². The van der Waals surface area contributed by atoms with Crippen LogP contribution in [-0.4, -0.2) is 13.0 Å². The smallest absolute Gasteiger partial charge is 0.870 e. The molecule has 0 saturated carbocycles. The van der Waals surface area contributed by atoms with Crippen LogP contribution in [0.5, 0.6) is 17.2 Å². The van der Waals surface area contributed by atoms with Crippen LogP contribution in [0.4, 0.5) is 0 Å². The van der Waals surface area contributed by atoms with Crippen molar-refractivity contribution in [2.24, 2.45) is 0 Å². The van der Waals surface area contributed by atoms with Crippen LogP contribution in [0.2, 0.25) is 0 Å². The molecule has 0 heterocycles. The standard InChI is InChI=1S/C23H32O5S.K/c1-2-3-4-5-6-7-8-9-10-13-19-16-17-22(23(18-19)29(25,26)27)28-21-15-12-11-14-20(21)24;/h11-12,14-18,24H,2-10,13H2,1H3,(H,25,26,27);/q;+1/p-1. The van der Waals surface area contributed by atoms with Gasteiger partial charge in [0.05, 0.1) is 0 Å². The molecule has 0 aliphatic rings. The number of para-hydroxylation sites is 2. The maximum Gasteiger partial charge on any atom is 1.00 e. The second kappa shape index (κ2) is 14.6. The summed E-state index contributed by atoms with van der Waals surface area (Å²) in [6, 6.07) is 10.7. The van der Waals surface area contributed by atoms with E-state index in [0.29, 0.717) is 0 Å². The first-order valence-corrected chi connectivity index (χ1v) is 11.9. The molecule has 30 heavy (non-hydrogen) atoms. The quantitative estimate of drug-likeness (QED) is 0.283. The predicted molar refractivity (Wildman–Crippen MR) is 113 cm³/mol. The van der Waals surface area contributed by atoms with Crippen LogP contribution in [0.3, 0.4) is 0 Å². The molecule has 0 radical (unpaired) electrons. The molecule has 2 rings (SSSR count). The summed E-state index contributed by atoms with van der Waals surface area (Å²) in [5, 5.41) is 11.8. The summed E-state index contributed by atoms with van der Waals surface area (Å²) in [7, 11) is -4.47. The minimum atomic E-state index is -4.47. The van der Waals surface area contributed by atoms with Gasteiger partial charge in [-0.15, -0.1) is 0 Å². The van der Waals surface area contributed by atoms with Gasteiger partial charge in [0.2, 0.25) is 0 Å². The minimum absolute atomic E-state index is 0. The van der Waals surface area contributed by atoms with Gasteiger partial charge in [-0.05, 0) is 36.6 Å². The number of hydrogen-bond acceptors (Lipinski definition) is 4. The first-order valence-electron chi connectivity index (χ1n) is 10.5. The van der Waals surface area contributed by atoms with Crippen molar-refractivity contribution in [1.29, 1.82) is 0 Å². The average Bonchev–Trinajstić information content (AvgIpc) is 2.68. The fraction of sp³-hybridized carbons (Fsp3) is 0.478. The number of hydrogen-bond donors (Lipinski definition) is 1. The molecule has 0 atom stereocenters. The molecule has 0 aliphatic heterocycles. The van der Waals surface area contributed by atoms with Gasteiger partial charge in [0.15, 0.2) is 0 Å². The summed E-state index contributed by atoms with van der Waals surface area (Å²) in [4.78, 5) is -0.311. The van der Waals surface area contributed by atoms with E-state index in [1.165, 1.54) is 69.2 Å². The minimum Gasteiger partial charge on any atom is -0.870 e. The third-order valence-corrected chi connectivity index (χ3v) is 5.80. The van der Waals surface area contributed by atoms with Crippen molar-refractivity contribution in [2.75, 3.05) is 0 Å². The molecular formula is C23H31KO5S. The van der Waals surface area contributed by atoms with E-state index in [4.69, 9.17) is 4.74 Å². The molecule has 0 saturated heterocycles. The third-order valence-electron chi connectivity index (χ3n) is 4.92. The number of rotatable bonds is 13. The number of benzene rings is 2. The maximum absolute atomic E-state index is 11.8. The van der Waals surface area contributed by atoms with E-state index in [2.05, 4.69) is 6.92 Å². The maximum atomic E-state index is 11.8. The second-order valence-electron chi connectivity index (χ2n) is 7.38. The van der Waals surface area contributed by atoms with Gasteiger partial charge < -0.3 is 9.84 Å². The summed E-state index contributed by atoms with van der Waals surface area (Å²) in [6.07, 6.45) is 11.7. The Labute approximate surface area is 223 Å².